The molecule has 0 aliphatic rings. The Labute approximate surface area is 137 Å². The lowest BCUT2D eigenvalue weighted by molar-refractivity contribution is 0.0988. The molecule has 0 unspecified atom stereocenters. The molecule has 0 aromatic heterocycles. The van der Waals surface area contributed by atoms with Crippen molar-refractivity contribution in [3.63, 3.8) is 0 Å². The summed E-state index contributed by atoms with van der Waals surface area (Å²) in [6.07, 6.45) is 3.72. The first-order chi connectivity index (χ1) is 11.3. The maximum absolute atomic E-state index is 12.7. The van der Waals surface area contributed by atoms with Crippen LogP contribution in [0.4, 0.5) is 5.69 Å². The van der Waals surface area contributed by atoms with E-state index in [4.69, 9.17) is 4.74 Å². The Hall–Kier alpha value is -2.62. The number of hydrogen-bond acceptors (Lipinski definition) is 3. The van der Waals surface area contributed by atoms with Gasteiger partial charge < -0.3 is 4.74 Å². The fourth-order valence-electron chi connectivity index (χ4n) is 2.07. The Bertz CT molecular complexity index is 636. The number of rotatable bonds is 7. The largest absolute Gasteiger partial charge is 0.494 e. The molecule has 0 radical (unpaired) electrons. The van der Waals surface area contributed by atoms with Crippen LogP contribution in [-0.2, 0) is 0 Å². The molecule has 0 saturated carbocycles. The lowest BCUT2D eigenvalue weighted by Crippen LogP contribution is -2.25. The summed E-state index contributed by atoms with van der Waals surface area (Å²) in [7, 11) is 0. The normalized spacial score (nSPS) is 10.7. The Kier molecular flexibility index (Phi) is 6.36. The van der Waals surface area contributed by atoms with E-state index in [2.05, 4.69) is 12.0 Å². The minimum atomic E-state index is -0.172. The van der Waals surface area contributed by atoms with E-state index < -0.39 is 0 Å². The fraction of sp³-hybridized carbons (Fsp3) is 0.263. The van der Waals surface area contributed by atoms with Crippen LogP contribution < -0.4 is 9.75 Å². The zero-order valence-electron chi connectivity index (χ0n) is 13.6. The number of ether oxygens (including phenoxy) is 1. The summed E-state index contributed by atoms with van der Waals surface area (Å²) in [4.78, 5) is 12.7. The summed E-state index contributed by atoms with van der Waals surface area (Å²) in [5, 5.41) is 5.58. The van der Waals surface area contributed by atoms with E-state index in [1.807, 2.05) is 42.5 Å². The van der Waals surface area contributed by atoms with Crippen molar-refractivity contribution in [3.05, 3.63) is 60.2 Å². The number of carbonyl (C=O) groups is 1. The average Bonchev–Trinajstić information content (AvgIpc) is 2.61. The van der Waals surface area contributed by atoms with Gasteiger partial charge in [-0.05, 0) is 49.7 Å². The van der Waals surface area contributed by atoms with Crippen molar-refractivity contribution in [2.45, 2.75) is 26.7 Å². The van der Waals surface area contributed by atoms with E-state index in [-0.39, 0.29) is 5.91 Å². The second-order valence-corrected chi connectivity index (χ2v) is 5.05. The highest BCUT2D eigenvalue weighted by Crippen LogP contribution is 2.19. The molecule has 4 nitrogen and oxygen atoms in total. The quantitative estimate of drug-likeness (QED) is 0.429. The first kappa shape index (κ1) is 16.7. The predicted octanol–water partition coefficient (Wildman–Crippen LogP) is 4.52. The molecule has 2 rings (SSSR count). The molecule has 2 aromatic rings. The van der Waals surface area contributed by atoms with Crippen molar-refractivity contribution >= 4 is 17.8 Å². The second kappa shape index (κ2) is 8.73. The Morgan fingerprint density at radius 2 is 1.83 bits per heavy atom. The minimum Gasteiger partial charge on any atom is -0.494 e. The van der Waals surface area contributed by atoms with E-state index in [9.17, 15) is 4.79 Å². The average molecular weight is 310 g/mol. The predicted molar refractivity (Wildman–Crippen MR) is 94.3 cm³/mol. The van der Waals surface area contributed by atoms with Crippen LogP contribution in [0.1, 0.15) is 37.0 Å². The van der Waals surface area contributed by atoms with Crippen LogP contribution in [0.15, 0.2) is 59.7 Å². The summed E-state index contributed by atoms with van der Waals surface area (Å²) >= 11 is 0. The molecule has 0 aliphatic carbocycles. The zero-order chi connectivity index (χ0) is 16.5. The first-order valence-corrected chi connectivity index (χ1v) is 7.87. The van der Waals surface area contributed by atoms with Crippen LogP contribution in [0.25, 0.3) is 0 Å². The molecule has 1 amide bonds. The van der Waals surface area contributed by atoms with Crippen molar-refractivity contribution in [2.24, 2.45) is 5.10 Å². The van der Waals surface area contributed by atoms with Crippen LogP contribution in [-0.4, -0.2) is 18.7 Å². The maximum Gasteiger partial charge on any atom is 0.278 e. The molecule has 0 spiro atoms. The van der Waals surface area contributed by atoms with Gasteiger partial charge in [0.05, 0.1) is 12.3 Å². The van der Waals surface area contributed by atoms with Crippen LogP contribution in [0.3, 0.4) is 0 Å². The molecular formula is C19H22N2O2. The van der Waals surface area contributed by atoms with Crippen molar-refractivity contribution in [3.8, 4) is 5.75 Å². The third-order valence-electron chi connectivity index (χ3n) is 3.29. The van der Waals surface area contributed by atoms with Gasteiger partial charge in [-0.25, -0.2) is 0 Å². The molecule has 0 heterocycles. The van der Waals surface area contributed by atoms with Gasteiger partial charge in [0, 0.05) is 11.8 Å². The lowest BCUT2D eigenvalue weighted by Gasteiger charge is -2.17. The highest BCUT2D eigenvalue weighted by atomic mass is 16.5. The number of hydrazone groups is 1. The molecule has 2 aromatic carbocycles. The molecule has 0 bridgehead atoms. The number of para-hydroxylation sites is 1. The number of amides is 1. The molecule has 23 heavy (non-hydrogen) atoms. The van der Waals surface area contributed by atoms with E-state index in [0.717, 1.165) is 24.3 Å². The van der Waals surface area contributed by atoms with E-state index in [0.29, 0.717) is 12.2 Å². The standard InChI is InChI=1S/C19H22N2O2/c1-3-5-15-23-18-13-11-16(12-14-18)19(22)21(20-4-2)17-9-7-6-8-10-17/h4,6-14H,3,5,15H2,1-2H3/b20-4+. The van der Waals surface area contributed by atoms with Crippen molar-refractivity contribution < 1.29 is 9.53 Å². The smallest absolute Gasteiger partial charge is 0.278 e. The van der Waals surface area contributed by atoms with Crippen LogP contribution in [0, 0.1) is 0 Å². The van der Waals surface area contributed by atoms with Gasteiger partial charge in [-0.2, -0.15) is 10.1 Å². The topological polar surface area (TPSA) is 41.9 Å². The molecule has 4 heteroatoms. The molecule has 0 N–H and O–H groups in total. The van der Waals surface area contributed by atoms with E-state index in [1.54, 1.807) is 25.3 Å². The SMILES string of the molecule is C/C=N/N(C(=O)c1ccc(OCCCC)cc1)c1ccccc1. The second-order valence-electron chi connectivity index (χ2n) is 5.05. The number of hydrogen-bond donors (Lipinski definition) is 0. The molecule has 120 valence electrons. The summed E-state index contributed by atoms with van der Waals surface area (Å²) in [6.45, 7) is 4.60. The lowest BCUT2D eigenvalue weighted by atomic mass is 10.2. The van der Waals surface area contributed by atoms with Gasteiger partial charge >= 0.3 is 0 Å². The van der Waals surface area contributed by atoms with Gasteiger partial charge in [0.15, 0.2) is 0 Å². The van der Waals surface area contributed by atoms with E-state index >= 15 is 0 Å². The minimum absolute atomic E-state index is 0.172. The van der Waals surface area contributed by atoms with Gasteiger partial charge in [0.25, 0.3) is 5.91 Å². The van der Waals surface area contributed by atoms with Gasteiger partial charge in [-0.15, -0.1) is 0 Å². The molecule has 0 atom stereocenters. The molecule has 0 saturated heterocycles. The summed E-state index contributed by atoms with van der Waals surface area (Å²) < 4.78 is 5.62. The maximum atomic E-state index is 12.7. The van der Waals surface area contributed by atoms with Gasteiger partial charge in [0.1, 0.15) is 5.75 Å². The fourth-order valence-corrected chi connectivity index (χ4v) is 2.07. The zero-order valence-corrected chi connectivity index (χ0v) is 13.6. The molecule has 0 aliphatic heterocycles. The van der Waals surface area contributed by atoms with Crippen LogP contribution in [0.2, 0.25) is 0 Å². The third-order valence-corrected chi connectivity index (χ3v) is 3.29. The number of carbonyl (C=O) groups excluding carboxylic acids is 1. The summed E-state index contributed by atoms with van der Waals surface area (Å²) in [5.41, 5.74) is 1.31. The van der Waals surface area contributed by atoms with Crippen molar-refractivity contribution in [2.75, 3.05) is 11.6 Å². The molecule has 0 fully saturated rings. The number of anilines is 1. The van der Waals surface area contributed by atoms with Gasteiger partial charge in [-0.1, -0.05) is 31.5 Å². The Balaban J connectivity index is 2.14. The summed E-state index contributed by atoms with van der Waals surface area (Å²) in [6, 6.07) is 16.6. The van der Waals surface area contributed by atoms with E-state index in [1.165, 1.54) is 5.01 Å². The number of unbranched alkanes of at least 4 members (excludes halogenated alkanes) is 1. The highest BCUT2D eigenvalue weighted by molar-refractivity contribution is 6.06. The van der Waals surface area contributed by atoms with Crippen LogP contribution in [0.5, 0.6) is 5.75 Å². The Morgan fingerprint density at radius 1 is 1.13 bits per heavy atom. The van der Waals surface area contributed by atoms with Crippen LogP contribution >= 0.6 is 0 Å². The molecular weight excluding hydrogens is 288 g/mol. The Morgan fingerprint density at radius 3 is 2.43 bits per heavy atom. The monoisotopic (exact) mass is 310 g/mol. The van der Waals surface area contributed by atoms with Gasteiger partial charge in [-0.3, -0.25) is 4.79 Å². The third kappa shape index (κ3) is 4.68. The number of benzene rings is 2. The summed E-state index contributed by atoms with van der Waals surface area (Å²) in [5.74, 6) is 0.606. The first-order valence-electron chi connectivity index (χ1n) is 7.87. The highest BCUT2D eigenvalue weighted by Gasteiger charge is 2.16. The van der Waals surface area contributed by atoms with Crippen molar-refractivity contribution in [1.82, 2.24) is 0 Å². The number of nitrogens with zero attached hydrogens (tertiary/aromatic N) is 2. The van der Waals surface area contributed by atoms with Gasteiger partial charge in [0.2, 0.25) is 0 Å². The van der Waals surface area contributed by atoms with Crippen molar-refractivity contribution in [1.29, 1.82) is 0 Å².